The monoisotopic (exact) mass is 280 g/mol. The number of nitrogens with zero attached hydrogens (tertiary/aromatic N) is 2. The van der Waals surface area contributed by atoms with Crippen LogP contribution >= 0.6 is 33.9 Å². The van der Waals surface area contributed by atoms with Crippen LogP contribution in [0.4, 0.5) is 0 Å². The molecular weight excluding hydrogens is 275 g/mol. The van der Waals surface area contributed by atoms with E-state index >= 15 is 0 Å². The van der Waals surface area contributed by atoms with E-state index in [1.165, 1.54) is 11.3 Å². The lowest BCUT2D eigenvalue weighted by molar-refractivity contribution is 0.183. The van der Waals surface area contributed by atoms with Crippen LogP contribution in [0.2, 0.25) is 0 Å². The van der Waals surface area contributed by atoms with Gasteiger partial charge in [0.25, 0.3) is 0 Å². The third kappa shape index (κ3) is 2.39. The first-order valence-electron chi connectivity index (χ1n) is 2.90. The summed E-state index contributed by atoms with van der Waals surface area (Å²) in [4.78, 5) is 3.94. The van der Waals surface area contributed by atoms with E-state index in [1.807, 2.05) is 6.07 Å². The molecule has 0 amide bonds. The fraction of sp³-hybridized carbons (Fsp3) is 0.333. The van der Waals surface area contributed by atoms with Gasteiger partial charge in [-0.1, -0.05) is 0 Å². The summed E-state index contributed by atoms with van der Waals surface area (Å²) >= 11 is 3.53. The normalized spacial score (nSPS) is 12.5. The molecule has 0 saturated carbocycles. The molecule has 11 heavy (non-hydrogen) atoms. The number of aliphatic hydroxyl groups excluding tert-OH is 1. The summed E-state index contributed by atoms with van der Waals surface area (Å²) in [5, 5.41) is 18.1. The zero-order valence-electron chi connectivity index (χ0n) is 5.49. The molecule has 0 radical (unpaired) electrons. The minimum atomic E-state index is -0.714. The van der Waals surface area contributed by atoms with Crippen molar-refractivity contribution >= 4 is 33.9 Å². The van der Waals surface area contributed by atoms with Crippen LogP contribution in [0.25, 0.3) is 0 Å². The van der Waals surface area contributed by atoms with Crippen molar-refractivity contribution in [1.29, 1.82) is 5.26 Å². The zero-order chi connectivity index (χ0) is 8.27. The third-order valence-electron chi connectivity index (χ3n) is 1.07. The number of aromatic nitrogens is 1. The van der Waals surface area contributed by atoms with Gasteiger partial charge in [-0.25, -0.2) is 4.98 Å². The Morgan fingerprint density at radius 2 is 2.64 bits per heavy atom. The second kappa shape index (κ2) is 3.99. The highest BCUT2D eigenvalue weighted by atomic mass is 127. The molecule has 1 N–H and O–H groups in total. The van der Waals surface area contributed by atoms with Crippen LogP contribution in [0.3, 0.4) is 0 Å². The summed E-state index contributed by atoms with van der Waals surface area (Å²) in [5.41, 5.74) is 0. The number of aliphatic hydroxyl groups is 1. The first-order chi connectivity index (χ1) is 5.24. The second-order valence-electron chi connectivity index (χ2n) is 1.88. The minimum Gasteiger partial charge on any atom is -0.385 e. The zero-order valence-corrected chi connectivity index (χ0v) is 8.46. The Balaban J connectivity index is 2.70. The van der Waals surface area contributed by atoms with Gasteiger partial charge in [0.1, 0.15) is 11.1 Å². The lowest BCUT2D eigenvalue weighted by Gasteiger charge is -1.98. The van der Waals surface area contributed by atoms with Crippen LogP contribution in [0.1, 0.15) is 17.5 Å². The predicted octanol–water partition coefficient (Wildman–Crippen LogP) is 1.69. The maximum atomic E-state index is 9.26. The Labute approximate surface area is 81.8 Å². The summed E-state index contributed by atoms with van der Waals surface area (Å²) in [6.07, 6.45) is 1.08. The van der Waals surface area contributed by atoms with E-state index in [4.69, 9.17) is 5.26 Å². The van der Waals surface area contributed by atoms with Gasteiger partial charge in [0.05, 0.1) is 21.6 Å². The molecule has 1 heterocycles. The van der Waals surface area contributed by atoms with Crippen molar-refractivity contribution in [3.63, 3.8) is 0 Å². The van der Waals surface area contributed by atoms with Gasteiger partial charge in [0.15, 0.2) is 0 Å². The van der Waals surface area contributed by atoms with Crippen LogP contribution in [0, 0.1) is 14.2 Å². The molecule has 0 bridgehead atoms. The van der Waals surface area contributed by atoms with Crippen LogP contribution in [0.15, 0.2) is 6.20 Å². The van der Waals surface area contributed by atoms with E-state index in [-0.39, 0.29) is 6.42 Å². The first kappa shape index (κ1) is 8.90. The molecular formula is C6H5IN2OS. The Hall–Kier alpha value is -0.190. The maximum Gasteiger partial charge on any atom is 0.123 e. The lowest BCUT2D eigenvalue weighted by Crippen LogP contribution is -1.93. The Bertz CT molecular complexity index is 280. The molecule has 1 aromatic rings. The van der Waals surface area contributed by atoms with Crippen molar-refractivity contribution in [3.8, 4) is 6.07 Å². The summed E-state index contributed by atoms with van der Waals surface area (Å²) in [5.74, 6) is 0. The van der Waals surface area contributed by atoms with Crippen molar-refractivity contribution in [1.82, 2.24) is 4.98 Å². The standard InChI is InChI=1S/C6H5IN2OS/c7-5-3-9-6(11-5)4(10)1-2-8/h3-4,10H,1H2. The second-order valence-corrected chi connectivity index (χ2v) is 4.84. The SMILES string of the molecule is N#CCC(O)c1ncc(I)s1. The molecule has 1 atom stereocenters. The quantitative estimate of drug-likeness (QED) is 0.839. The van der Waals surface area contributed by atoms with Crippen molar-refractivity contribution < 1.29 is 5.11 Å². The molecule has 0 aliphatic carbocycles. The van der Waals surface area contributed by atoms with E-state index in [1.54, 1.807) is 6.20 Å². The highest BCUT2D eigenvalue weighted by Crippen LogP contribution is 2.22. The van der Waals surface area contributed by atoms with Crippen LogP contribution < -0.4 is 0 Å². The number of hydrogen-bond donors (Lipinski definition) is 1. The topological polar surface area (TPSA) is 56.9 Å². The summed E-state index contributed by atoms with van der Waals surface area (Å²) in [7, 11) is 0. The minimum absolute atomic E-state index is 0.115. The average Bonchev–Trinajstić information content (AvgIpc) is 2.36. The molecule has 3 nitrogen and oxygen atoms in total. The first-order valence-corrected chi connectivity index (χ1v) is 4.80. The highest BCUT2D eigenvalue weighted by Gasteiger charge is 2.10. The van der Waals surface area contributed by atoms with Crippen molar-refractivity contribution in [2.75, 3.05) is 0 Å². The summed E-state index contributed by atoms with van der Waals surface area (Å²) in [6, 6.07) is 1.89. The largest absolute Gasteiger partial charge is 0.385 e. The van der Waals surface area contributed by atoms with Crippen molar-refractivity contribution in [3.05, 3.63) is 14.1 Å². The molecule has 0 saturated heterocycles. The van der Waals surface area contributed by atoms with Gasteiger partial charge in [-0.3, -0.25) is 0 Å². The van der Waals surface area contributed by atoms with Gasteiger partial charge >= 0.3 is 0 Å². The highest BCUT2D eigenvalue weighted by molar-refractivity contribution is 14.1. The molecule has 0 aliphatic rings. The number of halogens is 1. The maximum absolute atomic E-state index is 9.26. The number of thiazole rings is 1. The Morgan fingerprint density at radius 3 is 3.09 bits per heavy atom. The number of nitriles is 1. The molecule has 58 valence electrons. The fourth-order valence-corrected chi connectivity index (χ4v) is 2.04. The van der Waals surface area contributed by atoms with Crippen molar-refractivity contribution in [2.45, 2.75) is 12.5 Å². The van der Waals surface area contributed by atoms with E-state index in [9.17, 15) is 5.11 Å². The molecule has 5 heteroatoms. The summed E-state index contributed by atoms with van der Waals surface area (Å²) in [6.45, 7) is 0. The van der Waals surface area contributed by atoms with Gasteiger partial charge < -0.3 is 5.11 Å². The molecule has 0 fully saturated rings. The molecule has 0 aromatic carbocycles. The van der Waals surface area contributed by atoms with Gasteiger partial charge in [-0.05, 0) is 22.6 Å². The van der Waals surface area contributed by atoms with Crippen LogP contribution in [-0.4, -0.2) is 10.1 Å². The van der Waals surface area contributed by atoms with E-state index in [2.05, 4.69) is 27.6 Å². The number of rotatable bonds is 2. The average molecular weight is 280 g/mol. The van der Waals surface area contributed by atoms with Gasteiger partial charge in [0, 0.05) is 0 Å². The Kier molecular flexibility index (Phi) is 3.23. The van der Waals surface area contributed by atoms with Gasteiger partial charge in [-0.15, -0.1) is 11.3 Å². The lowest BCUT2D eigenvalue weighted by atomic mass is 10.3. The third-order valence-corrected chi connectivity index (χ3v) is 2.89. The van der Waals surface area contributed by atoms with E-state index < -0.39 is 6.10 Å². The molecule has 1 unspecified atom stereocenters. The number of hydrogen-bond acceptors (Lipinski definition) is 4. The van der Waals surface area contributed by atoms with Crippen LogP contribution in [0.5, 0.6) is 0 Å². The smallest absolute Gasteiger partial charge is 0.123 e. The van der Waals surface area contributed by atoms with E-state index in [0.29, 0.717) is 5.01 Å². The molecule has 1 aromatic heterocycles. The predicted molar refractivity (Wildman–Crippen MR) is 50.0 cm³/mol. The van der Waals surface area contributed by atoms with E-state index in [0.717, 1.165) is 2.88 Å². The summed E-state index contributed by atoms with van der Waals surface area (Å²) < 4.78 is 1.02. The molecule has 1 rings (SSSR count). The molecule has 0 spiro atoms. The van der Waals surface area contributed by atoms with Crippen LogP contribution in [-0.2, 0) is 0 Å². The van der Waals surface area contributed by atoms with Gasteiger partial charge in [0.2, 0.25) is 0 Å². The van der Waals surface area contributed by atoms with Gasteiger partial charge in [-0.2, -0.15) is 5.26 Å². The molecule has 0 aliphatic heterocycles. The van der Waals surface area contributed by atoms with Crippen molar-refractivity contribution in [2.24, 2.45) is 0 Å². The Morgan fingerprint density at radius 1 is 1.91 bits per heavy atom. The fourth-order valence-electron chi connectivity index (χ4n) is 0.595.